The Balaban J connectivity index is 0.00000243. The maximum Gasteiger partial charge on any atom is 0.152 e. The summed E-state index contributed by atoms with van der Waals surface area (Å²) in [6.45, 7) is 6.60. The van der Waals surface area contributed by atoms with Gasteiger partial charge in [0.1, 0.15) is 5.82 Å². The molecule has 1 aliphatic carbocycles. The molecule has 1 aliphatic heterocycles. The number of hydrogen-bond donors (Lipinski definition) is 0. The molecule has 26 heavy (non-hydrogen) atoms. The van der Waals surface area contributed by atoms with Crippen LogP contribution in [0, 0.1) is 11.7 Å². The third-order valence-corrected chi connectivity index (χ3v) is 5.57. The van der Waals surface area contributed by atoms with Crippen molar-refractivity contribution < 1.29 is 9.18 Å². The van der Waals surface area contributed by atoms with Crippen molar-refractivity contribution in [1.82, 2.24) is 4.90 Å². The number of ketones is 1. The van der Waals surface area contributed by atoms with Crippen molar-refractivity contribution in [1.29, 1.82) is 0 Å². The number of para-hydroxylation sites is 1. The smallest absolute Gasteiger partial charge is 0.152 e. The van der Waals surface area contributed by atoms with Gasteiger partial charge in [-0.3, -0.25) is 9.69 Å². The molecule has 1 aromatic carbocycles. The molecule has 0 atom stereocenters. The van der Waals surface area contributed by atoms with E-state index in [2.05, 4.69) is 9.80 Å². The highest BCUT2D eigenvalue weighted by molar-refractivity contribution is 5.87. The van der Waals surface area contributed by atoms with E-state index in [0.29, 0.717) is 0 Å². The number of halogens is 2. The molecule has 3 nitrogen and oxygen atoms in total. The molecule has 0 radical (unpaired) electrons. The Hall–Kier alpha value is -1.39. The van der Waals surface area contributed by atoms with E-state index in [1.807, 2.05) is 18.2 Å². The highest BCUT2D eigenvalue weighted by Crippen LogP contribution is 2.30. The molecule has 0 bridgehead atoms. The number of carbonyl (C=O) groups is 1. The predicted molar refractivity (Wildman–Crippen MR) is 108 cm³/mol. The Labute approximate surface area is 162 Å². The summed E-state index contributed by atoms with van der Waals surface area (Å²) in [5, 5.41) is 0. The van der Waals surface area contributed by atoms with E-state index in [9.17, 15) is 9.18 Å². The Morgan fingerprint density at radius 1 is 1.15 bits per heavy atom. The maximum atomic E-state index is 13.9. The highest BCUT2D eigenvalue weighted by atomic mass is 35.5. The molecule has 0 unspecified atom stereocenters. The fourth-order valence-corrected chi connectivity index (χ4v) is 4.05. The lowest BCUT2D eigenvalue weighted by atomic mass is 9.83. The molecule has 2 aliphatic rings. The van der Waals surface area contributed by atoms with Crippen molar-refractivity contribution in [2.24, 2.45) is 5.92 Å². The van der Waals surface area contributed by atoms with Crippen molar-refractivity contribution in [3.05, 3.63) is 41.7 Å². The standard InChI is InChI=1S/C21H29FN2O.ClH/c1-17(25)16-19-8-6-18(7-9-19)10-11-23-12-14-24(15-13-23)21-5-3-2-4-20(21)22;/h2-5,16,18H,6-15H2,1H3;1H. The van der Waals surface area contributed by atoms with E-state index in [1.54, 1.807) is 19.1 Å². The van der Waals surface area contributed by atoms with Crippen LogP contribution in [0.2, 0.25) is 0 Å². The summed E-state index contributed by atoms with van der Waals surface area (Å²) in [6, 6.07) is 7.07. The first kappa shape index (κ1) is 20.9. The number of allylic oxidation sites excluding steroid dienone is 2. The summed E-state index contributed by atoms with van der Waals surface area (Å²) in [5.41, 5.74) is 2.07. The normalized spacial score (nSPS) is 21.2. The second kappa shape index (κ2) is 10.1. The van der Waals surface area contributed by atoms with Crippen LogP contribution in [0.1, 0.15) is 39.0 Å². The number of rotatable bonds is 5. The number of carbonyl (C=O) groups excluding carboxylic acids is 1. The monoisotopic (exact) mass is 380 g/mol. The molecule has 3 rings (SSSR count). The van der Waals surface area contributed by atoms with Gasteiger partial charge >= 0.3 is 0 Å². The quantitative estimate of drug-likeness (QED) is 0.704. The maximum absolute atomic E-state index is 13.9. The first-order chi connectivity index (χ1) is 12.1. The van der Waals surface area contributed by atoms with Gasteiger partial charge in [-0.2, -0.15) is 0 Å². The molecule has 5 heteroatoms. The lowest BCUT2D eigenvalue weighted by Gasteiger charge is -2.37. The number of piperazine rings is 1. The van der Waals surface area contributed by atoms with Crippen LogP contribution in [0.25, 0.3) is 0 Å². The molecule has 1 saturated carbocycles. The van der Waals surface area contributed by atoms with E-state index >= 15 is 0 Å². The highest BCUT2D eigenvalue weighted by Gasteiger charge is 2.21. The summed E-state index contributed by atoms with van der Waals surface area (Å²) in [6.07, 6.45) is 7.68. The van der Waals surface area contributed by atoms with Crippen molar-refractivity contribution in [2.75, 3.05) is 37.6 Å². The van der Waals surface area contributed by atoms with E-state index in [0.717, 1.165) is 57.2 Å². The molecule has 0 aromatic heterocycles. The zero-order valence-corrected chi connectivity index (χ0v) is 16.4. The van der Waals surface area contributed by atoms with Gasteiger partial charge in [0.2, 0.25) is 0 Å². The zero-order valence-electron chi connectivity index (χ0n) is 15.6. The van der Waals surface area contributed by atoms with Gasteiger partial charge in [0.25, 0.3) is 0 Å². The van der Waals surface area contributed by atoms with Crippen LogP contribution < -0.4 is 4.90 Å². The van der Waals surface area contributed by atoms with E-state index < -0.39 is 0 Å². The predicted octanol–water partition coefficient (Wildman–Crippen LogP) is 4.47. The third-order valence-electron chi connectivity index (χ3n) is 5.57. The molecule has 0 spiro atoms. The Kier molecular flexibility index (Phi) is 8.11. The average molecular weight is 381 g/mol. The van der Waals surface area contributed by atoms with Gasteiger partial charge in [-0.25, -0.2) is 4.39 Å². The van der Waals surface area contributed by atoms with Crippen molar-refractivity contribution in [2.45, 2.75) is 39.0 Å². The van der Waals surface area contributed by atoms with Crippen LogP contribution in [0.4, 0.5) is 10.1 Å². The van der Waals surface area contributed by atoms with Crippen LogP contribution in [-0.2, 0) is 4.79 Å². The summed E-state index contributed by atoms with van der Waals surface area (Å²) >= 11 is 0. The summed E-state index contributed by atoms with van der Waals surface area (Å²) < 4.78 is 13.9. The largest absolute Gasteiger partial charge is 0.367 e. The number of nitrogens with zero attached hydrogens (tertiary/aromatic N) is 2. The number of anilines is 1. The zero-order chi connectivity index (χ0) is 17.6. The lowest BCUT2D eigenvalue weighted by molar-refractivity contribution is -0.112. The molecule has 144 valence electrons. The van der Waals surface area contributed by atoms with E-state index in [1.165, 1.54) is 24.8 Å². The molecule has 0 amide bonds. The number of hydrogen-bond acceptors (Lipinski definition) is 3. The van der Waals surface area contributed by atoms with Crippen molar-refractivity contribution in [3.8, 4) is 0 Å². The van der Waals surface area contributed by atoms with Gasteiger partial charge in [-0.1, -0.05) is 17.7 Å². The van der Waals surface area contributed by atoms with Gasteiger partial charge in [-0.15, -0.1) is 12.4 Å². The summed E-state index contributed by atoms with van der Waals surface area (Å²) in [4.78, 5) is 15.8. The minimum absolute atomic E-state index is 0. The first-order valence-corrected chi connectivity index (χ1v) is 9.53. The van der Waals surface area contributed by atoms with Crippen LogP contribution in [0.3, 0.4) is 0 Å². The SMILES string of the molecule is CC(=O)C=C1CCC(CCN2CCN(c3ccccc3F)CC2)CC1.Cl. The van der Waals surface area contributed by atoms with Gasteiger partial charge in [0.15, 0.2) is 5.78 Å². The van der Waals surface area contributed by atoms with E-state index in [4.69, 9.17) is 0 Å². The fourth-order valence-electron chi connectivity index (χ4n) is 4.05. The minimum Gasteiger partial charge on any atom is -0.367 e. The van der Waals surface area contributed by atoms with Crippen LogP contribution in [0.15, 0.2) is 35.9 Å². The van der Waals surface area contributed by atoms with Gasteiger partial charge in [0, 0.05) is 26.2 Å². The van der Waals surface area contributed by atoms with Crippen molar-refractivity contribution in [3.63, 3.8) is 0 Å². The third kappa shape index (κ3) is 5.82. The second-order valence-corrected chi connectivity index (χ2v) is 7.43. The molecule has 2 fully saturated rings. The van der Waals surface area contributed by atoms with Gasteiger partial charge in [0.05, 0.1) is 5.69 Å². The molecular formula is C21H30ClFN2O. The second-order valence-electron chi connectivity index (χ2n) is 7.43. The van der Waals surface area contributed by atoms with Crippen LogP contribution in [0.5, 0.6) is 0 Å². The van der Waals surface area contributed by atoms with Gasteiger partial charge in [-0.05, 0) is 69.7 Å². The Bertz CT molecular complexity index is 616. The topological polar surface area (TPSA) is 23.6 Å². The summed E-state index contributed by atoms with van der Waals surface area (Å²) in [7, 11) is 0. The molecule has 1 aromatic rings. The van der Waals surface area contributed by atoms with Crippen molar-refractivity contribution >= 4 is 23.9 Å². The fraction of sp³-hybridized carbons (Fsp3) is 0.571. The molecule has 0 N–H and O–H groups in total. The first-order valence-electron chi connectivity index (χ1n) is 9.53. The molecule has 1 saturated heterocycles. The molecular weight excluding hydrogens is 351 g/mol. The molecule has 1 heterocycles. The van der Waals surface area contributed by atoms with E-state index in [-0.39, 0.29) is 24.0 Å². The van der Waals surface area contributed by atoms with Crippen LogP contribution in [-0.4, -0.2) is 43.4 Å². The Morgan fingerprint density at radius 3 is 2.42 bits per heavy atom. The Morgan fingerprint density at radius 2 is 1.81 bits per heavy atom. The summed E-state index contributed by atoms with van der Waals surface area (Å²) in [5.74, 6) is 0.849. The minimum atomic E-state index is -0.118. The average Bonchev–Trinajstić information content (AvgIpc) is 2.62. The lowest BCUT2D eigenvalue weighted by Crippen LogP contribution is -2.47. The van der Waals surface area contributed by atoms with Gasteiger partial charge < -0.3 is 4.90 Å². The number of benzene rings is 1. The van der Waals surface area contributed by atoms with Crippen LogP contribution >= 0.6 is 12.4 Å².